The highest BCUT2D eigenvalue weighted by atomic mass is 79.9. The van der Waals surface area contributed by atoms with Crippen LogP contribution in [0.25, 0.3) is 0 Å². The third-order valence-electron chi connectivity index (χ3n) is 2.29. The highest BCUT2D eigenvalue weighted by molar-refractivity contribution is 9.10. The Kier molecular flexibility index (Phi) is 2.54. The third-order valence-corrected chi connectivity index (χ3v) is 2.78. The van der Waals surface area contributed by atoms with Crippen molar-refractivity contribution in [1.82, 2.24) is 0 Å². The second kappa shape index (κ2) is 3.66. The Hall–Kier alpha value is -0.570. The summed E-state index contributed by atoms with van der Waals surface area (Å²) in [7, 11) is 0. The van der Waals surface area contributed by atoms with Crippen molar-refractivity contribution in [2.24, 2.45) is 0 Å². The van der Waals surface area contributed by atoms with Gasteiger partial charge in [0, 0.05) is 23.1 Å². The zero-order chi connectivity index (χ0) is 9.26. The van der Waals surface area contributed by atoms with E-state index in [4.69, 9.17) is 0 Å². The van der Waals surface area contributed by atoms with Crippen LogP contribution in [-0.2, 0) is 6.42 Å². The topological polar surface area (TPSA) is 12.0 Å². The Morgan fingerprint density at radius 3 is 3.15 bits per heavy atom. The summed E-state index contributed by atoms with van der Waals surface area (Å²) in [5, 5.41) is 3.23. The van der Waals surface area contributed by atoms with E-state index in [1.54, 1.807) is 0 Å². The van der Waals surface area contributed by atoms with Crippen molar-refractivity contribution in [3.05, 3.63) is 28.2 Å². The molecule has 0 fully saturated rings. The molecular weight excluding hydrogens is 233 g/mol. The predicted molar refractivity (Wildman–Crippen MR) is 55.8 cm³/mol. The molecule has 70 valence electrons. The lowest BCUT2D eigenvalue weighted by Gasteiger charge is -2.07. The number of hydrogen-bond donors (Lipinski definition) is 1. The summed E-state index contributed by atoms with van der Waals surface area (Å²) in [6.45, 7) is 0.727. The van der Waals surface area contributed by atoms with Gasteiger partial charge in [-0.3, -0.25) is 0 Å². The number of rotatable bonds is 0. The average Bonchev–Trinajstić information content (AvgIpc) is 2.25. The van der Waals surface area contributed by atoms with E-state index in [2.05, 4.69) is 21.2 Å². The van der Waals surface area contributed by atoms with Crippen molar-refractivity contribution >= 4 is 21.6 Å². The van der Waals surface area contributed by atoms with Crippen LogP contribution >= 0.6 is 15.9 Å². The Morgan fingerprint density at radius 2 is 2.31 bits per heavy atom. The fourth-order valence-electron chi connectivity index (χ4n) is 1.60. The lowest BCUT2D eigenvalue weighted by molar-refractivity contribution is 0.323. The minimum atomic E-state index is -0.699. The molecule has 1 aliphatic heterocycles. The van der Waals surface area contributed by atoms with Crippen molar-refractivity contribution in [1.29, 1.82) is 0 Å². The smallest absolute Gasteiger partial charge is 0.106 e. The predicted octanol–water partition coefficient (Wildman–Crippen LogP) is 3.15. The molecule has 0 bridgehead atoms. The molecule has 0 saturated carbocycles. The van der Waals surface area contributed by atoms with Crippen LogP contribution in [0.4, 0.5) is 10.1 Å². The summed E-state index contributed by atoms with van der Waals surface area (Å²) in [6, 6.07) is 5.94. The van der Waals surface area contributed by atoms with Crippen molar-refractivity contribution in [2.45, 2.75) is 19.0 Å². The standard InChI is InChI=1S/C10H11BrFN/c11-8-2-1-7-5-9(12)3-4-13-10(7)6-8/h1-2,6,9,13H,3-5H2. The van der Waals surface area contributed by atoms with Gasteiger partial charge >= 0.3 is 0 Å². The van der Waals surface area contributed by atoms with Crippen molar-refractivity contribution in [3.63, 3.8) is 0 Å². The zero-order valence-corrected chi connectivity index (χ0v) is 8.77. The molecule has 13 heavy (non-hydrogen) atoms. The van der Waals surface area contributed by atoms with Crippen LogP contribution in [0.3, 0.4) is 0 Å². The Labute approximate surface area is 85.5 Å². The Morgan fingerprint density at radius 1 is 1.46 bits per heavy atom. The summed E-state index contributed by atoms with van der Waals surface area (Å²) in [5.41, 5.74) is 2.14. The number of hydrogen-bond acceptors (Lipinski definition) is 1. The lowest BCUT2D eigenvalue weighted by atomic mass is 10.1. The minimum Gasteiger partial charge on any atom is -0.385 e. The van der Waals surface area contributed by atoms with Crippen LogP contribution in [0.15, 0.2) is 22.7 Å². The molecule has 0 saturated heterocycles. The van der Waals surface area contributed by atoms with E-state index >= 15 is 0 Å². The molecule has 3 heteroatoms. The van der Waals surface area contributed by atoms with Gasteiger partial charge in [-0.15, -0.1) is 0 Å². The quantitative estimate of drug-likeness (QED) is 0.739. The fraction of sp³-hybridized carbons (Fsp3) is 0.400. The van der Waals surface area contributed by atoms with E-state index in [0.29, 0.717) is 12.8 Å². The van der Waals surface area contributed by atoms with Crippen LogP contribution in [0.2, 0.25) is 0 Å². The first-order valence-corrected chi connectivity index (χ1v) is 5.21. The third kappa shape index (κ3) is 2.02. The molecule has 0 spiro atoms. The number of fused-ring (bicyclic) bond motifs is 1. The largest absolute Gasteiger partial charge is 0.385 e. The van der Waals surface area contributed by atoms with Gasteiger partial charge in [0.1, 0.15) is 6.17 Å². The van der Waals surface area contributed by atoms with Gasteiger partial charge in [0.05, 0.1) is 0 Å². The van der Waals surface area contributed by atoms with Gasteiger partial charge in [-0.1, -0.05) is 22.0 Å². The summed E-state index contributed by atoms with van der Waals surface area (Å²) < 4.78 is 14.2. The number of anilines is 1. The number of halogens is 2. The summed E-state index contributed by atoms with van der Waals surface area (Å²) in [4.78, 5) is 0. The van der Waals surface area contributed by atoms with Crippen molar-refractivity contribution in [2.75, 3.05) is 11.9 Å². The maximum Gasteiger partial charge on any atom is 0.106 e. The monoisotopic (exact) mass is 243 g/mol. The van der Waals surface area contributed by atoms with Gasteiger partial charge in [0.25, 0.3) is 0 Å². The highest BCUT2D eigenvalue weighted by Crippen LogP contribution is 2.26. The first-order valence-electron chi connectivity index (χ1n) is 4.42. The van der Waals surface area contributed by atoms with Crippen LogP contribution < -0.4 is 5.32 Å². The molecule has 0 radical (unpaired) electrons. The SMILES string of the molecule is FC1CCNc2cc(Br)ccc2C1. The molecular formula is C10H11BrFN. The van der Waals surface area contributed by atoms with Crippen LogP contribution in [-0.4, -0.2) is 12.7 Å². The molecule has 1 aromatic rings. The average molecular weight is 244 g/mol. The Balaban J connectivity index is 2.34. The van der Waals surface area contributed by atoms with Gasteiger partial charge in [0.15, 0.2) is 0 Å². The minimum absolute atomic E-state index is 0.537. The lowest BCUT2D eigenvalue weighted by Crippen LogP contribution is -2.05. The molecule has 1 nitrogen and oxygen atoms in total. The molecule has 0 amide bonds. The van der Waals surface area contributed by atoms with E-state index in [-0.39, 0.29) is 0 Å². The zero-order valence-electron chi connectivity index (χ0n) is 7.19. The summed E-state index contributed by atoms with van der Waals surface area (Å²) in [5.74, 6) is 0. The molecule has 1 heterocycles. The Bertz CT molecular complexity index is 314. The van der Waals surface area contributed by atoms with Gasteiger partial charge in [0.2, 0.25) is 0 Å². The van der Waals surface area contributed by atoms with Gasteiger partial charge in [-0.2, -0.15) is 0 Å². The van der Waals surface area contributed by atoms with Crippen LogP contribution in [0.1, 0.15) is 12.0 Å². The van der Waals surface area contributed by atoms with E-state index in [0.717, 1.165) is 22.3 Å². The summed E-state index contributed by atoms with van der Waals surface area (Å²) >= 11 is 3.40. The van der Waals surface area contributed by atoms with Crippen molar-refractivity contribution in [3.8, 4) is 0 Å². The molecule has 1 aromatic carbocycles. The highest BCUT2D eigenvalue weighted by Gasteiger charge is 2.14. The van der Waals surface area contributed by atoms with Gasteiger partial charge < -0.3 is 5.32 Å². The first kappa shape index (κ1) is 9.00. The first-order chi connectivity index (χ1) is 6.25. The van der Waals surface area contributed by atoms with Gasteiger partial charge in [-0.25, -0.2) is 4.39 Å². The molecule has 0 aromatic heterocycles. The number of alkyl halides is 1. The van der Waals surface area contributed by atoms with Crippen LogP contribution in [0, 0.1) is 0 Å². The maximum atomic E-state index is 13.2. The second-order valence-corrected chi connectivity index (χ2v) is 4.23. The molecule has 0 aliphatic carbocycles. The van der Waals surface area contributed by atoms with Gasteiger partial charge in [-0.05, 0) is 24.1 Å². The van der Waals surface area contributed by atoms with Crippen molar-refractivity contribution < 1.29 is 4.39 Å². The number of benzene rings is 1. The molecule has 1 unspecified atom stereocenters. The van der Waals surface area contributed by atoms with Crippen LogP contribution in [0.5, 0.6) is 0 Å². The molecule has 1 atom stereocenters. The molecule has 1 aliphatic rings. The molecule has 1 N–H and O–H groups in total. The van der Waals surface area contributed by atoms with E-state index < -0.39 is 6.17 Å². The molecule has 2 rings (SSSR count). The normalized spacial score (nSPS) is 21.5. The fourth-order valence-corrected chi connectivity index (χ4v) is 1.96. The van der Waals surface area contributed by atoms with E-state index in [1.807, 2.05) is 18.2 Å². The number of nitrogens with one attached hydrogen (secondary N) is 1. The second-order valence-electron chi connectivity index (χ2n) is 3.32. The maximum absolute atomic E-state index is 13.2. The van der Waals surface area contributed by atoms with E-state index in [9.17, 15) is 4.39 Å². The van der Waals surface area contributed by atoms with E-state index in [1.165, 1.54) is 0 Å². The summed E-state index contributed by atoms with van der Waals surface area (Å²) in [6.07, 6.45) is 0.442.